The molecule has 16 heavy (non-hydrogen) atoms. The Bertz CT molecular complexity index is 306. The van der Waals surface area contributed by atoms with Crippen LogP contribution in [0.15, 0.2) is 12.2 Å². The van der Waals surface area contributed by atoms with Crippen LogP contribution in [0.4, 0.5) is 0 Å². The van der Waals surface area contributed by atoms with E-state index in [1.165, 1.54) is 7.11 Å². The molecular weight excluding hydrogens is 251 g/mol. The van der Waals surface area contributed by atoms with Crippen LogP contribution in [0.25, 0.3) is 0 Å². The third-order valence-corrected chi connectivity index (χ3v) is 3.03. The van der Waals surface area contributed by atoms with Crippen molar-refractivity contribution in [2.75, 3.05) is 32.8 Å². The molecule has 0 saturated carbocycles. The standard InChI is InChI=1S/C10H16ClO4P/c1-3-14-16(12,10-6-8-13-2)15-9-5-4-7-11/h4-5H,3,7-9H2,1-2H3/b5-4+. The molecule has 0 N–H and O–H groups in total. The van der Waals surface area contributed by atoms with Gasteiger partial charge in [-0.25, -0.2) is 4.57 Å². The minimum absolute atomic E-state index is 0.158. The van der Waals surface area contributed by atoms with Gasteiger partial charge in [0.1, 0.15) is 6.61 Å². The van der Waals surface area contributed by atoms with Crippen LogP contribution >= 0.6 is 19.2 Å². The second-order valence-electron chi connectivity index (χ2n) is 2.56. The molecular formula is C10H16ClO4P. The van der Waals surface area contributed by atoms with Crippen LogP contribution in [0, 0.1) is 11.6 Å². The summed E-state index contributed by atoms with van der Waals surface area (Å²) in [4.78, 5) is 0. The van der Waals surface area contributed by atoms with Crippen molar-refractivity contribution in [3.05, 3.63) is 12.2 Å². The van der Waals surface area contributed by atoms with Gasteiger partial charge in [0.15, 0.2) is 0 Å². The molecule has 0 aromatic heterocycles. The molecule has 0 spiro atoms. The van der Waals surface area contributed by atoms with Crippen LogP contribution in [-0.2, 0) is 18.3 Å². The van der Waals surface area contributed by atoms with Crippen LogP contribution < -0.4 is 0 Å². The van der Waals surface area contributed by atoms with E-state index in [9.17, 15) is 4.57 Å². The van der Waals surface area contributed by atoms with E-state index in [0.717, 1.165) is 0 Å². The molecule has 0 radical (unpaired) electrons. The van der Waals surface area contributed by atoms with E-state index in [2.05, 4.69) is 11.6 Å². The SMILES string of the molecule is CCOP(=O)(C#CCOC)OC/C=C/CCl. The van der Waals surface area contributed by atoms with Gasteiger partial charge in [-0.15, -0.1) is 11.6 Å². The maximum Gasteiger partial charge on any atom is 0.405 e. The normalized spacial score (nSPS) is 14.4. The molecule has 0 saturated heterocycles. The highest BCUT2D eigenvalue weighted by atomic mass is 35.5. The van der Waals surface area contributed by atoms with Gasteiger partial charge in [-0.2, -0.15) is 0 Å². The number of halogens is 1. The van der Waals surface area contributed by atoms with Gasteiger partial charge in [0.2, 0.25) is 0 Å². The van der Waals surface area contributed by atoms with Crippen molar-refractivity contribution in [1.82, 2.24) is 0 Å². The molecule has 1 atom stereocenters. The Kier molecular flexibility index (Phi) is 9.71. The lowest BCUT2D eigenvalue weighted by Crippen LogP contribution is -1.94. The highest BCUT2D eigenvalue weighted by Gasteiger charge is 2.19. The molecule has 0 bridgehead atoms. The fourth-order valence-corrected chi connectivity index (χ4v) is 1.96. The maximum atomic E-state index is 11.9. The van der Waals surface area contributed by atoms with Gasteiger partial charge in [0.25, 0.3) is 0 Å². The quantitative estimate of drug-likeness (QED) is 0.308. The van der Waals surface area contributed by atoms with Crippen LogP contribution in [0.3, 0.4) is 0 Å². The van der Waals surface area contributed by atoms with Gasteiger partial charge < -0.3 is 4.74 Å². The van der Waals surface area contributed by atoms with E-state index < -0.39 is 7.60 Å². The maximum absolute atomic E-state index is 11.9. The minimum Gasteiger partial charge on any atom is -0.372 e. The highest BCUT2D eigenvalue weighted by molar-refractivity contribution is 7.59. The van der Waals surface area contributed by atoms with Gasteiger partial charge in [-0.1, -0.05) is 18.1 Å². The minimum atomic E-state index is -3.32. The van der Waals surface area contributed by atoms with Crippen molar-refractivity contribution < 1.29 is 18.3 Å². The first-order valence-corrected chi connectivity index (χ1v) is 6.85. The summed E-state index contributed by atoms with van der Waals surface area (Å²) in [5.74, 6) is 2.95. The Balaban J connectivity index is 4.29. The Labute approximate surface area is 101 Å². The third kappa shape index (κ3) is 7.92. The van der Waals surface area contributed by atoms with Gasteiger partial charge in [0.05, 0.1) is 13.2 Å². The molecule has 0 aromatic rings. The Morgan fingerprint density at radius 2 is 2.12 bits per heavy atom. The Morgan fingerprint density at radius 1 is 1.38 bits per heavy atom. The second-order valence-corrected chi connectivity index (χ2v) is 4.60. The van der Waals surface area contributed by atoms with Crippen LogP contribution in [-0.4, -0.2) is 32.8 Å². The van der Waals surface area contributed by atoms with Crippen molar-refractivity contribution in [1.29, 1.82) is 0 Å². The van der Waals surface area contributed by atoms with E-state index in [-0.39, 0.29) is 19.8 Å². The fourth-order valence-electron chi connectivity index (χ4n) is 0.745. The van der Waals surface area contributed by atoms with E-state index >= 15 is 0 Å². The van der Waals surface area contributed by atoms with E-state index in [4.69, 9.17) is 25.4 Å². The summed E-state index contributed by atoms with van der Waals surface area (Å²) in [6.45, 7) is 2.35. The number of hydrogen-bond acceptors (Lipinski definition) is 4. The number of alkyl halides is 1. The number of methoxy groups -OCH3 is 1. The van der Waals surface area contributed by atoms with Gasteiger partial charge >= 0.3 is 7.60 Å². The molecule has 0 amide bonds. The Hall–Kier alpha value is -0.300. The zero-order valence-corrected chi connectivity index (χ0v) is 11.1. The number of allylic oxidation sites excluding steroid dienone is 1. The van der Waals surface area contributed by atoms with E-state index in [1.807, 2.05) is 0 Å². The number of hydrogen-bond donors (Lipinski definition) is 0. The molecule has 0 heterocycles. The van der Waals surface area contributed by atoms with E-state index in [1.54, 1.807) is 19.1 Å². The lowest BCUT2D eigenvalue weighted by Gasteiger charge is -2.09. The van der Waals surface area contributed by atoms with Crippen molar-refractivity contribution in [2.24, 2.45) is 0 Å². The van der Waals surface area contributed by atoms with Crippen LogP contribution in [0.5, 0.6) is 0 Å². The molecule has 0 aromatic carbocycles. The molecule has 1 unspecified atom stereocenters. The summed E-state index contributed by atoms with van der Waals surface area (Å²) in [6, 6.07) is 0. The zero-order chi connectivity index (χ0) is 12.3. The molecule has 0 aliphatic rings. The fraction of sp³-hybridized carbons (Fsp3) is 0.600. The van der Waals surface area contributed by atoms with Gasteiger partial charge in [-0.05, 0) is 6.92 Å². The van der Waals surface area contributed by atoms with E-state index in [0.29, 0.717) is 5.88 Å². The Morgan fingerprint density at radius 3 is 2.69 bits per heavy atom. The smallest absolute Gasteiger partial charge is 0.372 e. The molecule has 0 rings (SSSR count). The van der Waals surface area contributed by atoms with Crippen molar-refractivity contribution in [3.63, 3.8) is 0 Å². The van der Waals surface area contributed by atoms with Crippen molar-refractivity contribution in [2.45, 2.75) is 6.92 Å². The summed E-state index contributed by atoms with van der Waals surface area (Å²) >= 11 is 5.43. The van der Waals surface area contributed by atoms with Crippen LogP contribution in [0.2, 0.25) is 0 Å². The zero-order valence-electron chi connectivity index (χ0n) is 9.44. The highest BCUT2D eigenvalue weighted by Crippen LogP contribution is 2.46. The lowest BCUT2D eigenvalue weighted by molar-refractivity contribution is 0.235. The summed E-state index contributed by atoms with van der Waals surface area (Å²) in [5.41, 5.74) is 2.44. The third-order valence-electron chi connectivity index (χ3n) is 1.33. The average molecular weight is 267 g/mol. The number of rotatable bonds is 7. The number of ether oxygens (including phenoxy) is 1. The lowest BCUT2D eigenvalue weighted by atomic mass is 10.6. The monoisotopic (exact) mass is 266 g/mol. The topological polar surface area (TPSA) is 44.8 Å². The molecule has 92 valence electrons. The van der Waals surface area contributed by atoms with Crippen molar-refractivity contribution in [3.8, 4) is 11.6 Å². The molecule has 4 nitrogen and oxygen atoms in total. The second kappa shape index (κ2) is 9.89. The predicted octanol–water partition coefficient (Wildman–Crippen LogP) is 2.63. The summed E-state index contributed by atoms with van der Waals surface area (Å²) < 4.78 is 26.7. The molecule has 0 fully saturated rings. The van der Waals surface area contributed by atoms with Crippen molar-refractivity contribution >= 4 is 19.2 Å². The largest absolute Gasteiger partial charge is 0.405 e. The first kappa shape index (κ1) is 15.7. The molecule has 6 heteroatoms. The summed E-state index contributed by atoms with van der Waals surface area (Å²) in [7, 11) is -1.82. The van der Waals surface area contributed by atoms with Gasteiger partial charge in [0, 0.05) is 18.7 Å². The molecule has 0 aliphatic carbocycles. The van der Waals surface area contributed by atoms with Crippen LogP contribution in [0.1, 0.15) is 6.92 Å². The summed E-state index contributed by atoms with van der Waals surface area (Å²) in [6.07, 6.45) is 3.36. The average Bonchev–Trinajstić information content (AvgIpc) is 2.25. The predicted molar refractivity (Wildman–Crippen MR) is 64.7 cm³/mol. The van der Waals surface area contributed by atoms with Gasteiger partial charge in [-0.3, -0.25) is 9.05 Å². The molecule has 0 aliphatic heterocycles. The first-order chi connectivity index (χ1) is 7.68. The summed E-state index contributed by atoms with van der Waals surface area (Å²) in [5, 5.41) is 0. The first-order valence-electron chi connectivity index (χ1n) is 4.77.